The van der Waals surface area contributed by atoms with Gasteiger partial charge in [-0.3, -0.25) is 4.98 Å². The zero-order chi connectivity index (χ0) is 18.1. The van der Waals surface area contributed by atoms with E-state index in [1.165, 1.54) is 48.3 Å². The molecule has 1 fully saturated rings. The Morgan fingerprint density at radius 1 is 1.12 bits per heavy atom. The number of hydrogen-bond donors (Lipinski definition) is 1. The van der Waals surface area contributed by atoms with Crippen molar-refractivity contribution >= 4 is 11.6 Å². The summed E-state index contributed by atoms with van der Waals surface area (Å²) in [6, 6.07) is 4.11. The second-order valence-corrected chi connectivity index (χ2v) is 6.41. The molecular formula is C17H17F3N6. The van der Waals surface area contributed by atoms with Gasteiger partial charge in [0.2, 0.25) is 5.95 Å². The van der Waals surface area contributed by atoms with Crippen molar-refractivity contribution in [3.63, 3.8) is 0 Å². The summed E-state index contributed by atoms with van der Waals surface area (Å²) in [5.74, 6) is 0.510. The highest BCUT2D eigenvalue weighted by Crippen LogP contribution is 2.35. The zero-order valence-electron chi connectivity index (χ0n) is 13.9. The molecule has 0 bridgehead atoms. The van der Waals surface area contributed by atoms with Gasteiger partial charge >= 0.3 is 6.18 Å². The number of halogens is 3. The van der Waals surface area contributed by atoms with E-state index in [-0.39, 0.29) is 11.3 Å². The van der Waals surface area contributed by atoms with Crippen molar-refractivity contribution in [1.29, 1.82) is 0 Å². The van der Waals surface area contributed by atoms with Gasteiger partial charge in [0.1, 0.15) is 0 Å². The molecule has 1 aliphatic carbocycles. The highest BCUT2D eigenvalue weighted by atomic mass is 19.4. The SMILES string of the molecule is FC(F)(F)c1cccnc1-c1cnn2c(NC3CCCCC3)nnc2c1. The van der Waals surface area contributed by atoms with Crippen LogP contribution in [0.1, 0.15) is 37.7 Å². The van der Waals surface area contributed by atoms with Crippen molar-refractivity contribution in [2.75, 3.05) is 5.32 Å². The predicted molar refractivity (Wildman–Crippen MR) is 89.5 cm³/mol. The molecule has 136 valence electrons. The van der Waals surface area contributed by atoms with Crippen LogP contribution in [0.4, 0.5) is 19.1 Å². The third kappa shape index (κ3) is 3.21. The zero-order valence-corrected chi connectivity index (χ0v) is 13.9. The molecule has 0 unspecified atom stereocenters. The number of nitrogens with one attached hydrogen (secondary N) is 1. The average molecular weight is 362 g/mol. The van der Waals surface area contributed by atoms with Crippen molar-refractivity contribution in [2.24, 2.45) is 0 Å². The minimum absolute atomic E-state index is 0.167. The molecule has 1 N–H and O–H groups in total. The van der Waals surface area contributed by atoms with Gasteiger partial charge in [0.15, 0.2) is 5.65 Å². The molecule has 1 aliphatic rings. The lowest BCUT2D eigenvalue weighted by Gasteiger charge is -2.22. The normalized spacial score (nSPS) is 16.1. The maximum atomic E-state index is 13.2. The number of anilines is 1. The summed E-state index contributed by atoms with van der Waals surface area (Å²) in [5, 5.41) is 15.7. The molecule has 3 aromatic heterocycles. The number of alkyl halides is 3. The highest BCUT2D eigenvalue weighted by Gasteiger charge is 2.34. The van der Waals surface area contributed by atoms with Crippen LogP contribution in [0.2, 0.25) is 0 Å². The Hall–Kier alpha value is -2.71. The molecule has 9 heteroatoms. The van der Waals surface area contributed by atoms with Crippen LogP contribution in [0.15, 0.2) is 30.6 Å². The van der Waals surface area contributed by atoms with Crippen molar-refractivity contribution < 1.29 is 13.2 Å². The van der Waals surface area contributed by atoms with Gasteiger partial charge in [-0.05, 0) is 31.0 Å². The first-order valence-corrected chi connectivity index (χ1v) is 8.53. The molecule has 3 heterocycles. The van der Waals surface area contributed by atoms with Crippen LogP contribution < -0.4 is 5.32 Å². The molecule has 0 atom stereocenters. The smallest absolute Gasteiger partial charge is 0.350 e. The molecule has 0 aromatic carbocycles. The quantitative estimate of drug-likeness (QED) is 0.764. The van der Waals surface area contributed by atoms with E-state index in [1.807, 2.05) is 0 Å². The first kappa shape index (κ1) is 16.7. The van der Waals surface area contributed by atoms with Crippen molar-refractivity contribution in [3.05, 3.63) is 36.2 Å². The van der Waals surface area contributed by atoms with Crippen molar-refractivity contribution in [2.45, 2.75) is 44.3 Å². The lowest BCUT2D eigenvalue weighted by molar-refractivity contribution is -0.137. The van der Waals surface area contributed by atoms with Crippen LogP contribution in [0, 0.1) is 0 Å². The Morgan fingerprint density at radius 2 is 1.92 bits per heavy atom. The predicted octanol–water partition coefficient (Wildman–Crippen LogP) is 3.95. The van der Waals surface area contributed by atoms with Gasteiger partial charge in [-0.1, -0.05) is 19.3 Å². The van der Waals surface area contributed by atoms with Gasteiger partial charge in [-0.25, -0.2) is 0 Å². The number of pyridine rings is 1. The monoisotopic (exact) mass is 362 g/mol. The Balaban J connectivity index is 1.67. The molecular weight excluding hydrogens is 345 g/mol. The fraction of sp³-hybridized carbons (Fsp3) is 0.412. The molecule has 26 heavy (non-hydrogen) atoms. The van der Waals surface area contributed by atoms with E-state index in [9.17, 15) is 13.2 Å². The standard InChI is InChI=1S/C17H17F3N6/c18-17(19,20)13-7-4-8-21-15(13)11-9-14-24-25-16(26(14)22-10-11)23-12-5-2-1-3-6-12/h4,7-10,12H,1-3,5-6H2,(H,23,25). The van der Waals surface area contributed by atoms with Crippen LogP contribution in [0.3, 0.4) is 0 Å². The van der Waals surface area contributed by atoms with Crippen molar-refractivity contribution in [1.82, 2.24) is 24.8 Å². The first-order valence-electron chi connectivity index (χ1n) is 8.53. The second-order valence-electron chi connectivity index (χ2n) is 6.41. The summed E-state index contributed by atoms with van der Waals surface area (Å²) in [7, 11) is 0. The minimum Gasteiger partial charge on any atom is -0.350 e. The van der Waals surface area contributed by atoms with Crippen molar-refractivity contribution in [3.8, 4) is 11.3 Å². The van der Waals surface area contributed by atoms with E-state index in [0.717, 1.165) is 18.9 Å². The Bertz CT molecular complexity index is 914. The summed E-state index contributed by atoms with van der Waals surface area (Å²) in [6.07, 6.45) is 3.92. The first-order chi connectivity index (χ1) is 12.5. The van der Waals surface area contributed by atoms with Gasteiger partial charge in [-0.15, -0.1) is 10.2 Å². The molecule has 0 radical (unpaired) electrons. The van der Waals surface area contributed by atoms with Gasteiger partial charge < -0.3 is 5.32 Å². The van der Waals surface area contributed by atoms with Crippen LogP contribution in [-0.2, 0) is 6.18 Å². The molecule has 0 spiro atoms. The molecule has 0 aliphatic heterocycles. The highest BCUT2D eigenvalue weighted by molar-refractivity contribution is 5.66. The van der Waals surface area contributed by atoms with Gasteiger partial charge in [0.05, 0.1) is 17.5 Å². The summed E-state index contributed by atoms with van der Waals surface area (Å²) in [6.45, 7) is 0. The number of fused-ring (bicyclic) bond motifs is 1. The lowest BCUT2D eigenvalue weighted by Crippen LogP contribution is -2.23. The average Bonchev–Trinajstić information content (AvgIpc) is 3.04. The lowest BCUT2D eigenvalue weighted by atomic mass is 9.96. The molecule has 1 saturated carbocycles. The number of aromatic nitrogens is 5. The largest absolute Gasteiger partial charge is 0.418 e. The third-order valence-corrected chi connectivity index (χ3v) is 4.59. The van der Waals surface area contributed by atoms with Gasteiger partial charge in [0, 0.05) is 17.8 Å². The molecule has 0 saturated heterocycles. The maximum absolute atomic E-state index is 13.2. The van der Waals surface area contributed by atoms with Crippen LogP contribution in [0.25, 0.3) is 16.9 Å². The summed E-state index contributed by atoms with van der Waals surface area (Å²) in [5.41, 5.74) is -0.340. The molecule has 6 nitrogen and oxygen atoms in total. The Labute approximate surface area is 147 Å². The second kappa shape index (κ2) is 6.54. The van der Waals surface area contributed by atoms with Gasteiger partial charge in [0.25, 0.3) is 0 Å². The summed E-state index contributed by atoms with van der Waals surface area (Å²) >= 11 is 0. The van der Waals surface area contributed by atoms with E-state index < -0.39 is 11.7 Å². The Kier molecular flexibility index (Phi) is 4.21. The fourth-order valence-electron chi connectivity index (χ4n) is 3.31. The van der Waals surface area contributed by atoms with Crippen LogP contribution in [0.5, 0.6) is 0 Å². The molecule has 0 amide bonds. The van der Waals surface area contributed by atoms with E-state index in [1.54, 1.807) is 0 Å². The van der Waals surface area contributed by atoms with E-state index in [0.29, 0.717) is 17.6 Å². The molecule has 4 rings (SSSR count). The third-order valence-electron chi connectivity index (χ3n) is 4.59. The maximum Gasteiger partial charge on any atom is 0.418 e. The number of nitrogens with zero attached hydrogens (tertiary/aromatic N) is 5. The number of hydrogen-bond acceptors (Lipinski definition) is 5. The number of rotatable bonds is 3. The topological polar surface area (TPSA) is 68.0 Å². The van der Waals surface area contributed by atoms with E-state index in [4.69, 9.17) is 0 Å². The summed E-state index contributed by atoms with van der Waals surface area (Å²) < 4.78 is 41.1. The molecule has 3 aromatic rings. The van der Waals surface area contributed by atoms with Crippen LogP contribution >= 0.6 is 0 Å². The van der Waals surface area contributed by atoms with E-state index in [2.05, 4.69) is 25.6 Å². The summed E-state index contributed by atoms with van der Waals surface area (Å²) in [4.78, 5) is 3.89. The van der Waals surface area contributed by atoms with Gasteiger partial charge in [-0.2, -0.15) is 22.8 Å². The fourth-order valence-corrected chi connectivity index (χ4v) is 3.31. The Morgan fingerprint density at radius 3 is 2.69 bits per heavy atom. The van der Waals surface area contributed by atoms with E-state index >= 15 is 0 Å². The minimum atomic E-state index is -4.49. The van der Waals surface area contributed by atoms with Crippen LogP contribution in [-0.4, -0.2) is 30.8 Å².